The van der Waals surface area contributed by atoms with Gasteiger partial charge in [-0.05, 0) is 72.1 Å². The average molecular weight is 514 g/mol. The van der Waals surface area contributed by atoms with Crippen LogP contribution in [0, 0.1) is 12.8 Å². The zero-order valence-corrected chi connectivity index (χ0v) is 22.2. The molecule has 36 heavy (non-hydrogen) atoms. The van der Waals surface area contributed by atoms with Crippen LogP contribution in [0.3, 0.4) is 0 Å². The van der Waals surface area contributed by atoms with E-state index in [1.54, 1.807) is 17.8 Å². The van der Waals surface area contributed by atoms with Gasteiger partial charge in [-0.15, -0.1) is 0 Å². The fourth-order valence-corrected chi connectivity index (χ4v) is 5.37. The SMILES string of the molecule is CSCC[C@H](NC(=O)c1ccc(COCC(O)CC2CCCCC2)cc1-c1ccccc1C)C(=O)O. The molecule has 0 radical (unpaired) electrons. The van der Waals surface area contributed by atoms with E-state index in [4.69, 9.17) is 4.74 Å². The first-order valence-electron chi connectivity index (χ1n) is 12.9. The predicted molar refractivity (Wildman–Crippen MR) is 145 cm³/mol. The van der Waals surface area contributed by atoms with E-state index in [-0.39, 0.29) is 6.61 Å². The number of benzene rings is 2. The van der Waals surface area contributed by atoms with E-state index in [0.717, 1.165) is 28.7 Å². The first-order chi connectivity index (χ1) is 17.4. The van der Waals surface area contributed by atoms with E-state index in [2.05, 4.69) is 5.32 Å². The van der Waals surface area contributed by atoms with Crippen molar-refractivity contribution < 1.29 is 24.5 Å². The third-order valence-electron chi connectivity index (χ3n) is 6.89. The van der Waals surface area contributed by atoms with Crippen LogP contribution in [-0.2, 0) is 16.1 Å². The molecule has 1 aliphatic rings. The Bertz CT molecular complexity index is 1000. The Morgan fingerprint density at radius 1 is 1.11 bits per heavy atom. The van der Waals surface area contributed by atoms with Crippen molar-refractivity contribution in [1.82, 2.24) is 5.32 Å². The Morgan fingerprint density at radius 2 is 1.86 bits per heavy atom. The summed E-state index contributed by atoms with van der Waals surface area (Å²) in [6, 6.07) is 12.4. The van der Waals surface area contributed by atoms with Gasteiger partial charge in [-0.3, -0.25) is 4.79 Å². The molecule has 1 fully saturated rings. The summed E-state index contributed by atoms with van der Waals surface area (Å²) in [6.45, 7) is 2.60. The Balaban J connectivity index is 1.73. The lowest BCUT2D eigenvalue weighted by atomic mass is 9.85. The second-order valence-corrected chi connectivity index (χ2v) is 10.7. The molecule has 0 spiro atoms. The molecule has 1 saturated carbocycles. The number of aliphatic hydroxyl groups excluding tert-OH is 1. The first-order valence-corrected chi connectivity index (χ1v) is 14.3. The lowest BCUT2D eigenvalue weighted by Gasteiger charge is -2.24. The molecule has 2 aromatic rings. The van der Waals surface area contributed by atoms with Gasteiger partial charge in [0.25, 0.3) is 5.91 Å². The molecule has 2 aromatic carbocycles. The maximum Gasteiger partial charge on any atom is 0.326 e. The van der Waals surface area contributed by atoms with Crippen molar-refractivity contribution in [1.29, 1.82) is 0 Å². The third kappa shape index (κ3) is 8.36. The molecule has 2 atom stereocenters. The quantitative estimate of drug-likeness (QED) is 0.330. The maximum atomic E-state index is 13.2. The fraction of sp³-hybridized carbons (Fsp3) is 0.517. The van der Waals surface area contributed by atoms with Gasteiger partial charge in [-0.25, -0.2) is 4.79 Å². The van der Waals surface area contributed by atoms with Crippen molar-refractivity contribution in [3.63, 3.8) is 0 Å². The number of carbonyl (C=O) groups is 2. The van der Waals surface area contributed by atoms with Gasteiger partial charge in [0, 0.05) is 5.56 Å². The van der Waals surface area contributed by atoms with E-state index in [1.165, 1.54) is 32.1 Å². The number of nitrogens with one attached hydrogen (secondary N) is 1. The third-order valence-corrected chi connectivity index (χ3v) is 7.53. The van der Waals surface area contributed by atoms with Gasteiger partial charge in [0.2, 0.25) is 0 Å². The summed E-state index contributed by atoms with van der Waals surface area (Å²) in [5, 5.41) is 22.7. The molecule has 6 nitrogen and oxygen atoms in total. The summed E-state index contributed by atoms with van der Waals surface area (Å²) < 4.78 is 5.85. The van der Waals surface area contributed by atoms with Crippen molar-refractivity contribution in [2.24, 2.45) is 5.92 Å². The van der Waals surface area contributed by atoms with Crippen LogP contribution < -0.4 is 5.32 Å². The van der Waals surface area contributed by atoms with E-state index >= 15 is 0 Å². The summed E-state index contributed by atoms with van der Waals surface area (Å²) in [5.74, 6) is -0.206. The van der Waals surface area contributed by atoms with E-state index in [0.29, 0.717) is 30.3 Å². The van der Waals surface area contributed by atoms with Crippen molar-refractivity contribution in [2.75, 3.05) is 18.6 Å². The number of amides is 1. The standard InChI is InChI=1S/C29H39NO5S/c1-20-8-6-7-11-24(20)26-17-22(18-35-19-23(31)16-21-9-4-3-5-10-21)12-13-25(26)28(32)30-27(29(33)34)14-15-36-2/h6-8,11-13,17,21,23,27,31H,3-5,9-10,14-16,18-19H2,1-2H3,(H,30,32)(H,33,34)/t23?,27-/m0/s1. The van der Waals surface area contributed by atoms with E-state index < -0.39 is 24.0 Å². The molecule has 196 valence electrons. The minimum absolute atomic E-state index is 0.286. The zero-order chi connectivity index (χ0) is 25.9. The van der Waals surface area contributed by atoms with Crippen molar-refractivity contribution in [3.05, 3.63) is 59.2 Å². The van der Waals surface area contributed by atoms with Gasteiger partial charge in [0.15, 0.2) is 0 Å². The predicted octanol–water partition coefficient (Wildman–Crippen LogP) is 5.45. The Hall–Kier alpha value is -2.35. The second-order valence-electron chi connectivity index (χ2n) is 9.75. The number of aryl methyl sites for hydroxylation is 1. The highest BCUT2D eigenvalue weighted by Crippen LogP contribution is 2.29. The van der Waals surface area contributed by atoms with Crippen molar-refractivity contribution >= 4 is 23.6 Å². The number of ether oxygens (including phenoxy) is 1. The Kier molecular flexibility index (Phi) is 11.3. The lowest BCUT2D eigenvalue weighted by Crippen LogP contribution is -2.41. The number of carboxylic acids is 1. The van der Waals surface area contributed by atoms with Crippen LogP contribution in [-0.4, -0.2) is 52.9 Å². The largest absolute Gasteiger partial charge is 0.480 e. The molecule has 1 amide bonds. The van der Waals surface area contributed by atoms with Crippen LogP contribution in [0.1, 0.15) is 66.4 Å². The van der Waals surface area contributed by atoms with Crippen LogP contribution in [0.2, 0.25) is 0 Å². The summed E-state index contributed by atoms with van der Waals surface area (Å²) in [7, 11) is 0. The van der Waals surface area contributed by atoms with Crippen LogP contribution >= 0.6 is 11.8 Å². The number of aliphatic carboxylic acids is 1. The summed E-state index contributed by atoms with van der Waals surface area (Å²) in [4.78, 5) is 24.9. The van der Waals surface area contributed by atoms with Crippen LogP contribution in [0.25, 0.3) is 11.1 Å². The molecule has 0 saturated heterocycles. The summed E-state index contributed by atoms with van der Waals surface area (Å²) in [6.07, 6.45) is 8.78. The van der Waals surface area contributed by atoms with Gasteiger partial charge < -0.3 is 20.3 Å². The van der Waals surface area contributed by atoms with Gasteiger partial charge in [-0.2, -0.15) is 11.8 Å². The monoisotopic (exact) mass is 513 g/mol. The summed E-state index contributed by atoms with van der Waals surface area (Å²) >= 11 is 1.55. The number of thioether (sulfide) groups is 1. The molecule has 0 heterocycles. The average Bonchev–Trinajstić information content (AvgIpc) is 2.87. The molecule has 0 bridgehead atoms. The smallest absolute Gasteiger partial charge is 0.326 e. The first kappa shape index (κ1) is 28.2. The van der Waals surface area contributed by atoms with Crippen molar-refractivity contribution in [2.45, 2.75) is 70.6 Å². The highest BCUT2D eigenvalue weighted by molar-refractivity contribution is 7.98. The van der Waals surface area contributed by atoms with E-state index in [9.17, 15) is 19.8 Å². The highest BCUT2D eigenvalue weighted by Gasteiger charge is 2.23. The highest BCUT2D eigenvalue weighted by atomic mass is 32.2. The topological polar surface area (TPSA) is 95.9 Å². The Morgan fingerprint density at radius 3 is 2.56 bits per heavy atom. The minimum Gasteiger partial charge on any atom is -0.480 e. The molecule has 7 heteroatoms. The van der Waals surface area contributed by atoms with E-state index in [1.807, 2.05) is 49.6 Å². The van der Waals surface area contributed by atoms with Crippen LogP contribution in [0.15, 0.2) is 42.5 Å². The molecule has 0 aromatic heterocycles. The second kappa shape index (κ2) is 14.4. The molecule has 3 N–H and O–H groups in total. The van der Waals surface area contributed by atoms with Crippen LogP contribution in [0.4, 0.5) is 0 Å². The zero-order valence-electron chi connectivity index (χ0n) is 21.4. The number of rotatable bonds is 13. The Labute approximate surface area is 218 Å². The molecule has 3 rings (SSSR count). The van der Waals surface area contributed by atoms with Crippen LogP contribution in [0.5, 0.6) is 0 Å². The molecular formula is C29H39NO5S. The van der Waals surface area contributed by atoms with Gasteiger partial charge >= 0.3 is 5.97 Å². The maximum absolute atomic E-state index is 13.2. The van der Waals surface area contributed by atoms with Gasteiger partial charge in [-0.1, -0.05) is 62.4 Å². The number of carboxylic acid groups (broad SMARTS) is 1. The number of carbonyl (C=O) groups excluding carboxylic acids is 1. The fourth-order valence-electron chi connectivity index (χ4n) is 4.89. The molecule has 1 aliphatic carbocycles. The number of hydrogen-bond donors (Lipinski definition) is 3. The molecule has 1 unspecified atom stereocenters. The van der Waals surface area contributed by atoms with Gasteiger partial charge in [0.05, 0.1) is 19.3 Å². The normalized spacial score (nSPS) is 15.9. The summed E-state index contributed by atoms with van der Waals surface area (Å²) in [5.41, 5.74) is 4.00. The minimum atomic E-state index is -1.04. The van der Waals surface area contributed by atoms with Gasteiger partial charge in [0.1, 0.15) is 6.04 Å². The molecular weight excluding hydrogens is 474 g/mol. The number of hydrogen-bond acceptors (Lipinski definition) is 5. The number of aliphatic hydroxyl groups is 1. The lowest BCUT2D eigenvalue weighted by molar-refractivity contribution is -0.139. The van der Waals surface area contributed by atoms with Crippen molar-refractivity contribution in [3.8, 4) is 11.1 Å². The molecule has 0 aliphatic heterocycles.